The fourth-order valence-electron chi connectivity index (χ4n) is 2.16. The fourth-order valence-corrected chi connectivity index (χ4v) is 2.34. The summed E-state index contributed by atoms with van der Waals surface area (Å²) in [6.07, 6.45) is 0. The molecule has 0 atom stereocenters. The number of benzene rings is 2. The van der Waals surface area contributed by atoms with Crippen LogP contribution in [0, 0.1) is 6.92 Å². The predicted octanol–water partition coefficient (Wildman–Crippen LogP) is 4.71. The quantitative estimate of drug-likeness (QED) is 0.733. The normalized spacial score (nSPS) is 10.8. The van der Waals surface area contributed by atoms with Crippen LogP contribution in [-0.4, -0.2) is 4.98 Å². The lowest BCUT2D eigenvalue weighted by Crippen LogP contribution is -1.95. The van der Waals surface area contributed by atoms with Crippen molar-refractivity contribution in [1.82, 2.24) is 4.98 Å². The number of aromatic amines is 1. The lowest BCUT2D eigenvalue weighted by Gasteiger charge is -2.04. The molecule has 0 saturated carbocycles. The molecule has 0 saturated heterocycles. The van der Waals surface area contributed by atoms with Gasteiger partial charge in [0.2, 0.25) is 0 Å². The summed E-state index contributed by atoms with van der Waals surface area (Å²) in [4.78, 5) is 3.36. The van der Waals surface area contributed by atoms with Crippen LogP contribution in [0.2, 0.25) is 5.02 Å². The third-order valence-electron chi connectivity index (χ3n) is 3.13. The maximum atomic E-state index is 5.92. The lowest BCUT2D eigenvalue weighted by atomic mass is 10.1. The number of ether oxygens (including phenoxy) is 1. The molecule has 0 aliphatic carbocycles. The molecular formula is C16H14ClNO. The van der Waals surface area contributed by atoms with E-state index in [1.165, 1.54) is 10.9 Å². The molecule has 0 radical (unpaired) electrons. The number of fused-ring (bicyclic) bond motifs is 1. The van der Waals surface area contributed by atoms with Gasteiger partial charge in [-0.15, -0.1) is 0 Å². The number of hydrogen-bond donors (Lipinski definition) is 1. The molecule has 3 rings (SSSR count). The van der Waals surface area contributed by atoms with Crippen LogP contribution >= 0.6 is 11.6 Å². The number of hydrogen-bond acceptors (Lipinski definition) is 1. The molecule has 0 aliphatic rings. The first kappa shape index (κ1) is 12.1. The van der Waals surface area contributed by atoms with E-state index in [4.69, 9.17) is 16.3 Å². The monoisotopic (exact) mass is 271 g/mol. The Kier molecular flexibility index (Phi) is 3.18. The number of halogens is 1. The highest BCUT2D eigenvalue weighted by Crippen LogP contribution is 2.21. The first-order valence-electron chi connectivity index (χ1n) is 6.18. The van der Waals surface area contributed by atoms with Gasteiger partial charge in [-0.05, 0) is 42.8 Å². The van der Waals surface area contributed by atoms with E-state index >= 15 is 0 Å². The highest BCUT2D eigenvalue weighted by Gasteiger charge is 2.03. The van der Waals surface area contributed by atoms with Crippen LogP contribution in [0.3, 0.4) is 0 Å². The number of aromatic nitrogens is 1. The van der Waals surface area contributed by atoms with Gasteiger partial charge >= 0.3 is 0 Å². The van der Waals surface area contributed by atoms with Gasteiger partial charge in [0.1, 0.15) is 12.4 Å². The summed E-state index contributed by atoms with van der Waals surface area (Å²) in [6, 6.07) is 15.8. The van der Waals surface area contributed by atoms with Crippen molar-refractivity contribution in [3.05, 3.63) is 64.8 Å². The van der Waals surface area contributed by atoms with Crippen molar-refractivity contribution in [2.24, 2.45) is 0 Å². The molecule has 3 aromatic rings. The van der Waals surface area contributed by atoms with Gasteiger partial charge in [-0.1, -0.05) is 29.8 Å². The van der Waals surface area contributed by atoms with E-state index in [2.05, 4.69) is 36.2 Å². The minimum atomic E-state index is 0.508. The first-order valence-corrected chi connectivity index (χ1v) is 6.56. The highest BCUT2D eigenvalue weighted by molar-refractivity contribution is 6.30. The van der Waals surface area contributed by atoms with Gasteiger partial charge in [-0.25, -0.2) is 0 Å². The van der Waals surface area contributed by atoms with Crippen LogP contribution in [0.25, 0.3) is 10.9 Å². The van der Waals surface area contributed by atoms with Gasteiger partial charge in [-0.2, -0.15) is 0 Å². The van der Waals surface area contributed by atoms with Crippen LogP contribution in [0.15, 0.2) is 48.5 Å². The minimum Gasteiger partial charge on any atom is -0.487 e. The van der Waals surface area contributed by atoms with Gasteiger partial charge in [0, 0.05) is 15.9 Å². The smallest absolute Gasteiger partial charge is 0.128 e. The number of aryl methyl sites for hydroxylation is 1. The van der Waals surface area contributed by atoms with Gasteiger partial charge in [0.05, 0.1) is 5.69 Å². The zero-order chi connectivity index (χ0) is 13.2. The standard InChI is InChI=1S/C16H14ClNO/c1-11-4-2-7-16-15(11)9-13(18-16)10-19-14-6-3-5-12(17)8-14/h2-9,18H,10H2,1H3. The topological polar surface area (TPSA) is 25.0 Å². The molecule has 0 aliphatic heterocycles. The van der Waals surface area contributed by atoms with Crippen molar-refractivity contribution >= 4 is 22.5 Å². The molecule has 96 valence electrons. The summed E-state index contributed by atoms with van der Waals surface area (Å²) in [5, 5.41) is 1.93. The van der Waals surface area contributed by atoms with Crippen molar-refractivity contribution in [2.45, 2.75) is 13.5 Å². The summed E-state index contributed by atoms with van der Waals surface area (Å²) in [6.45, 7) is 2.62. The Morgan fingerprint density at radius 3 is 2.74 bits per heavy atom. The van der Waals surface area contributed by atoms with E-state index in [1.54, 1.807) is 0 Å². The van der Waals surface area contributed by atoms with Gasteiger partial charge < -0.3 is 9.72 Å². The third-order valence-corrected chi connectivity index (χ3v) is 3.36. The Morgan fingerprint density at radius 1 is 1.11 bits per heavy atom. The zero-order valence-corrected chi connectivity index (χ0v) is 11.4. The van der Waals surface area contributed by atoms with E-state index in [0.29, 0.717) is 11.6 Å². The number of H-pyrrole nitrogens is 1. The SMILES string of the molecule is Cc1cccc2[nH]c(COc3cccc(Cl)c3)cc12. The molecule has 1 heterocycles. The molecule has 1 N–H and O–H groups in total. The molecule has 2 nitrogen and oxygen atoms in total. The molecule has 19 heavy (non-hydrogen) atoms. The first-order chi connectivity index (χ1) is 9.22. The average Bonchev–Trinajstić information content (AvgIpc) is 2.81. The van der Waals surface area contributed by atoms with Crippen molar-refractivity contribution in [3.63, 3.8) is 0 Å². The summed E-state index contributed by atoms with van der Waals surface area (Å²) in [5.74, 6) is 0.780. The fraction of sp³-hybridized carbons (Fsp3) is 0.125. The molecule has 3 heteroatoms. The molecule has 0 amide bonds. The van der Waals surface area contributed by atoms with Crippen molar-refractivity contribution in [1.29, 1.82) is 0 Å². The van der Waals surface area contributed by atoms with E-state index in [-0.39, 0.29) is 0 Å². The highest BCUT2D eigenvalue weighted by atomic mass is 35.5. The Balaban J connectivity index is 1.80. The minimum absolute atomic E-state index is 0.508. The van der Waals surface area contributed by atoms with Crippen LogP contribution in [0.5, 0.6) is 5.75 Å². The van der Waals surface area contributed by atoms with Crippen LogP contribution in [0.1, 0.15) is 11.3 Å². The van der Waals surface area contributed by atoms with Gasteiger partial charge in [0.25, 0.3) is 0 Å². The molecule has 0 spiro atoms. The zero-order valence-electron chi connectivity index (χ0n) is 10.6. The number of rotatable bonds is 3. The van der Waals surface area contributed by atoms with E-state index in [0.717, 1.165) is 17.0 Å². The third kappa shape index (κ3) is 2.59. The van der Waals surface area contributed by atoms with E-state index in [1.807, 2.05) is 24.3 Å². The molecule has 1 aromatic heterocycles. The molecule has 2 aromatic carbocycles. The second-order valence-electron chi connectivity index (χ2n) is 4.58. The number of nitrogens with one attached hydrogen (secondary N) is 1. The largest absolute Gasteiger partial charge is 0.487 e. The lowest BCUT2D eigenvalue weighted by molar-refractivity contribution is 0.302. The van der Waals surface area contributed by atoms with Crippen molar-refractivity contribution in [3.8, 4) is 5.75 Å². The van der Waals surface area contributed by atoms with Gasteiger partial charge in [-0.3, -0.25) is 0 Å². The molecule has 0 unspecified atom stereocenters. The molecule has 0 bridgehead atoms. The van der Waals surface area contributed by atoms with Crippen LogP contribution in [0.4, 0.5) is 0 Å². The maximum absolute atomic E-state index is 5.92. The Hall–Kier alpha value is -1.93. The second-order valence-corrected chi connectivity index (χ2v) is 5.01. The summed E-state index contributed by atoms with van der Waals surface area (Å²) < 4.78 is 5.73. The maximum Gasteiger partial charge on any atom is 0.128 e. The Labute approximate surface area is 117 Å². The predicted molar refractivity (Wildman–Crippen MR) is 78.8 cm³/mol. The van der Waals surface area contributed by atoms with Crippen molar-refractivity contribution in [2.75, 3.05) is 0 Å². The second kappa shape index (κ2) is 4.98. The Bertz CT molecular complexity index is 718. The van der Waals surface area contributed by atoms with Gasteiger partial charge in [0.15, 0.2) is 0 Å². The Morgan fingerprint density at radius 2 is 1.95 bits per heavy atom. The summed E-state index contributed by atoms with van der Waals surface area (Å²) in [7, 11) is 0. The van der Waals surface area contributed by atoms with Crippen molar-refractivity contribution < 1.29 is 4.74 Å². The molecule has 0 fully saturated rings. The summed E-state index contributed by atoms with van der Waals surface area (Å²) >= 11 is 5.92. The average molecular weight is 272 g/mol. The summed E-state index contributed by atoms with van der Waals surface area (Å²) in [5.41, 5.74) is 3.47. The van der Waals surface area contributed by atoms with Crippen LogP contribution in [-0.2, 0) is 6.61 Å². The van der Waals surface area contributed by atoms with E-state index in [9.17, 15) is 0 Å². The van der Waals surface area contributed by atoms with E-state index < -0.39 is 0 Å². The van der Waals surface area contributed by atoms with Crippen LogP contribution < -0.4 is 4.74 Å². The molecular weight excluding hydrogens is 258 g/mol.